The summed E-state index contributed by atoms with van der Waals surface area (Å²) < 4.78 is 94.6. The lowest BCUT2D eigenvalue weighted by molar-refractivity contribution is -0.275. The number of amides is 1. The Morgan fingerprint density at radius 3 is 2.27 bits per heavy atom. The van der Waals surface area contributed by atoms with E-state index in [1.807, 2.05) is 0 Å². The number of alkyl halides is 6. The third kappa shape index (κ3) is 6.73. The average Bonchev–Trinajstić information content (AvgIpc) is 2.80. The number of hydrogen-bond donors (Lipinski definition) is 2. The molecule has 2 aromatic carbocycles. The molecule has 4 rings (SSSR count). The molecule has 0 aliphatic heterocycles. The SMILES string of the molecule is O=C(NC1CCC(Nc2cc(C(F)(F)F)nc3ccc(Cl)cc23)CC1)c1ccc(F)c(OC(F)(F)F)c1. The van der Waals surface area contributed by atoms with Gasteiger partial charge in [0.1, 0.15) is 5.69 Å². The summed E-state index contributed by atoms with van der Waals surface area (Å²) in [5.41, 5.74) is -0.883. The Balaban J connectivity index is 1.41. The molecule has 1 aromatic heterocycles. The van der Waals surface area contributed by atoms with E-state index in [9.17, 15) is 35.5 Å². The number of anilines is 1. The molecule has 0 atom stereocenters. The molecule has 1 amide bonds. The van der Waals surface area contributed by atoms with Crippen LogP contribution >= 0.6 is 11.6 Å². The first kappa shape index (κ1) is 26.8. The van der Waals surface area contributed by atoms with E-state index in [0.29, 0.717) is 48.2 Å². The minimum absolute atomic E-state index is 0.135. The number of benzene rings is 2. The van der Waals surface area contributed by atoms with Gasteiger partial charge in [0.25, 0.3) is 5.91 Å². The van der Waals surface area contributed by atoms with Gasteiger partial charge in [-0.1, -0.05) is 11.6 Å². The van der Waals surface area contributed by atoms with E-state index in [4.69, 9.17) is 11.6 Å². The van der Waals surface area contributed by atoms with Crippen LogP contribution in [0.5, 0.6) is 5.75 Å². The monoisotopic (exact) mass is 549 g/mol. The maximum absolute atomic E-state index is 13.6. The Kier molecular flexibility index (Phi) is 7.40. The largest absolute Gasteiger partial charge is 0.573 e. The highest BCUT2D eigenvalue weighted by Gasteiger charge is 2.34. The Hall–Kier alpha value is -3.28. The molecule has 1 heterocycles. The highest BCUT2D eigenvalue weighted by atomic mass is 35.5. The molecule has 1 aliphatic rings. The lowest BCUT2D eigenvalue weighted by Gasteiger charge is -2.31. The van der Waals surface area contributed by atoms with Crippen LogP contribution < -0.4 is 15.4 Å². The standard InChI is InChI=1S/C24H19ClF7N3O2/c25-13-2-8-18-16(10-13)19(11-21(35-18)23(27,28)29)33-14-3-5-15(6-4-14)34-22(36)12-1-7-17(26)20(9-12)37-24(30,31)32/h1-2,7-11,14-15H,3-6H2,(H,33,35)(H,34,36). The number of nitrogens with one attached hydrogen (secondary N) is 2. The molecule has 3 aromatic rings. The summed E-state index contributed by atoms with van der Waals surface area (Å²) in [5, 5.41) is 6.60. The van der Waals surface area contributed by atoms with Crippen molar-refractivity contribution in [1.29, 1.82) is 0 Å². The Bertz CT molecular complexity index is 1310. The highest BCUT2D eigenvalue weighted by molar-refractivity contribution is 6.31. The molecular formula is C24H19ClF7N3O2. The van der Waals surface area contributed by atoms with Crippen LogP contribution in [0, 0.1) is 5.82 Å². The van der Waals surface area contributed by atoms with Crippen LogP contribution in [0.3, 0.4) is 0 Å². The smallest absolute Gasteiger partial charge is 0.403 e. The van der Waals surface area contributed by atoms with Gasteiger partial charge in [0.15, 0.2) is 11.6 Å². The van der Waals surface area contributed by atoms with Crippen molar-refractivity contribution in [2.75, 3.05) is 5.32 Å². The van der Waals surface area contributed by atoms with E-state index in [1.54, 1.807) is 0 Å². The van der Waals surface area contributed by atoms with Gasteiger partial charge in [-0.3, -0.25) is 4.79 Å². The van der Waals surface area contributed by atoms with Gasteiger partial charge in [0.2, 0.25) is 0 Å². The van der Waals surface area contributed by atoms with E-state index in [-0.39, 0.29) is 28.9 Å². The van der Waals surface area contributed by atoms with Crippen LogP contribution in [-0.2, 0) is 6.18 Å². The first-order chi connectivity index (χ1) is 17.3. The molecule has 0 radical (unpaired) electrons. The molecule has 1 saturated carbocycles. The summed E-state index contributed by atoms with van der Waals surface area (Å²) in [6.45, 7) is 0. The second-order valence-corrected chi connectivity index (χ2v) is 9.01. The van der Waals surface area contributed by atoms with Crippen molar-refractivity contribution in [1.82, 2.24) is 10.3 Å². The van der Waals surface area contributed by atoms with Gasteiger partial charge in [-0.15, -0.1) is 13.2 Å². The molecule has 0 unspecified atom stereocenters. The number of hydrogen-bond acceptors (Lipinski definition) is 4. The number of carbonyl (C=O) groups is 1. The summed E-state index contributed by atoms with van der Waals surface area (Å²) in [7, 11) is 0. The molecule has 0 spiro atoms. The number of fused-ring (bicyclic) bond motifs is 1. The number of halogens is 8. The number of pyridine rings is 1. The van der Waals surface area contributed by atoms with Gasteiger partial charge < -0.3 is 15.4 Å². The summed E-state index contributed by atoms with van der Waals surface area (Å²) in [4.78, 5) is 16.2. The third-order valence-electron chi connectivity index (χ3n) is 5.90. The maximum atomic E-state index is 13.6. The second-order valence-electron chi connectivity index (χ2n) is 8.57. The molecule has 0 saturated heterocycles. The van der Waals surface area contributed by atoms with Crippen molar-refractivity contribution in [3.05, 3.63) is 64.6 Å². The maximum Gasteiger partial charge on any atom is 0.573 e. The summed E-state index contributed by atoms with van der Waals surface area (Å²) >= 11 is 6.03. The lowest BCUT2D eigenvalue weighted by atomic mass is 9.90. The van der Waals surface area contributed by atoms with Crippen LogP contribution in [-0.4, -0.2) is 29.3 Å². The normalized spacial score (nSPS) is 18.5. The summed E-state index contributed by atoms with van der Waals surface area (Å²) in [5.74, 6) is -3.08. The van der Waals surface area contributed by atoms with Crippen LogP contribution in [0.2, 0.25) is 5.02 Å². The second kappa shape index (κ2) is 10.2. The van der Waals surface area contributed by atoms with E-state index in [2.05, 4.69) is 20.4 Å². The van der Waals surface area contributed by atoms with E-state index in [1.165, 1.54) is 18.2 Å². The number of carbonyl (C=O) groups excluding carboxylic acids is 1. The van der Waals surface area contributed by atoms with Crippen molar-refractivity contribution < 1.29 is 40.3 Å². The van der Waals surface area contributed by atoms with Gasteiger partial charge in [-0.25, -0.2) is 9.37 Å². The van der Waals surface area contributed by atoms with Crippen molar-refractivity contribution in [2.24, 2.45) is 0 Å². The zero-order chi connectivity index (χ0) is 27.0. The highest BCUT2D eigenvalue weighted by Crippen LogP contribution is 2.35. The number of aromatic nitrogens is 1. The fourth-order valence-corrected chi connectivity index (χ4v) is 4.35. The Labute approximate surface area is 211 Å². The molecule has 1 aliphatic carbocycles. The zero-order valence-corrected chi connectivity index (χ0v) is 19.6. The number of nitrogens with zero attached hydrogens (tertiary/aromatic N) is 1. The lowest BCUT2D eigenvalue weighted by Crippen LogP contribution is -2.40. The quantitative estimate of drug-likeness (QED) is 0.333. The predicted molar refractivity (Wildman–Crippen MR) is 122 cm³/mol. The first-order valence-electron chi connectivity index (χ1n) is 11.1. The van der Waals surface area contributed by atoms with Crippen LogP contribution in [0.15, 0.2) is 42.5 Å². The summed E-state index contributed by atoms with van der Waals surface area (Å²) in [6, 6.07) is 7.19. The minimum Gasteiger partial charge on any atom is -0.403 e. The predicted octanol–water partition coefficient (Wildman–Crippen LogP) is 7.10. The third-order valence-corrected chi connectivity index (χ3v) is 6.14. The topological polar surface area (TPSA) is 63.2 Å². The van der Waals surface area contributed by atoms with Gasteiger partial charge in [0, 0.05) is 33.7 Å². The molecule has 5 nitrogen and oxygen atoms in total. The Morgan fingerprint density at radius 1 is 0.946 bits per heavy atom. The molecule has 198 valence electrons. The van der Waals surface area contributed by atoms with Crippen molar-refractivity contribution in [3.8, 4) is 5.75 Å². The number of rotatable bonds is 5. The average molecular weight is 550 g/mol. The molecule has 1 fully saturated rings. The van der Waals surface area contributed by atoms with E-state index >= 15 is 0 Å². The fraction of sp³-hybridized carbons (Fsp3) is 0.333. The molecule has 37 heavy (non-hydrogen) atoms. The van der Waals surface area contributed by atoms with E-state index < -0.39 is 35.7 Å². The molecular weight excluding hydrogens is 531 g/mol. The molecule has 2 N–H and O–H groups in total. The molecule has 13 heteroatoms. The van der Waals surface area contributed by atoms with Crippen molar-refractivity contribution in [3.63, 3.8) is 0 Å². The van der Waals surface area contributed by atoms with Crippen LogP contribution in [0.1, 0.15) is 41.7 Å². The first-order valence-corrected chi connectivity index (χ1v) is 11.5. The summed E-state index contributed by atoms with van der Waals surface area (Å²) in [6.07, 6.45) is -7.88. The van der Waals surface area contributed by atoms with Gasteiger partial charge >= 0.3 is 12.5 Å². The zero-order valence-electron chi connectivity index (χ0n) is 18.8. The van der Waals surface area contributed by atoms with Gasteiger partial charge in [-0.2, -0.15) is 13.2 Å². The van der Waals surface area contributed by atoms with Crippen LogP contribution in [0.25, 0.3) is 10.9 Å². The minimum atomic E-state index is -5.12. The van der Waals surface area contributed by atoms with Crippen molar-refractivity contribution in [2.45, 2.75) is 50.3 Å². The van der Waals surface area contributed by atoms with Crippen molar-refractivity contribution >= 4 is 34.1 Å². The number of ether oxygens (including phenoxy) is 1. The van der Waals surface area contributed by atoms with E-state index in [0.717, 1.165) is 12.1 Å². The van der Waals surface area contributed by atoms with Gasteiger partial charge in [0.05, 0.1) is 5.52 Å². The Morgan fingerprint density at radius 2 is 1.62 bits per heavy atom. The molecule has 0 bridgehead atoms. The van der Waals surface area contributed by atoms with Gasteiger partial charge in [-0.05, 0) is 68.1 Å². The fourth-order valence-electron chi connectivity index (χ4n) is 4.18. The van der Waals surface area contributed by atoms with Crippen LogP contribution in [0.4, 0.5) is 36.4 Å².